The van der Waals surface area contributed by atoms with Crippen LogP contribution in [0, 0.1) is 0 Å². The molecule has 0 aliphatic carbocycles. The summed E-state index contributed by atoms with van der Waals surface area (Å²) in [5.41, 5.74) is 5.27. The van der Waals surface area contributed by atoms with Crippen molar-refractivity contribution in [3.05, 3.63) is 94.8 Å². The summed E-state index contributed by atoms with van der Waals surface area (Å²) in [6.07, 6.45) is 4.64. The molecule has 0 fully saturated rings. The molecule has 0 radical (unpaired) electrons. The number of nitrogens with zero attached hydrogens (tertiary/aromatic N) is 3. The molecule has 2 aliphatic heterocycles. The fraction of sp³-hybridized carbons (Fsp3) is 0.240. The highest BCUT2D eigenvalue weighted by Crippen LogP contribution is 2.33. The second-order valence-corrected chi connectivity index (χ2v) is 8.49. The zero-order valence-electron chi connectivity index (χ0n) is 17.4. The van der Waals surface area contributed by atoms with Gasteiger partial charge in [0, 0.05) is 48.1 Å². The van der Waals surface area contributed by atoms with Crippen LogP contribution in [0.25, 0.3) is 0 Å². The number of fused-ring (bicyclic) bond motifs is 1. The molecule has 1 N–H and O–H groups in total. The zero-order valence-corrected chi connectivity index (χ0v) is 18.2. The van der Waals surface area contributed by atoms with Crippen molar-refractivity contribution in [3.63, 3.8) is 0 Å². The standard InChI is InChI=1S/C25H23ClN4O2/c26-20-7-5-17(6-8-20)16-30-23-4-2-1-3-19(23)13-24(30)25(31)28-15-21-14-22(29-32-21)18-9-11-27-12-10-18/h1-12,21,24H,13-16H2,(H,28,31). The van der Waals surface area contributed by atoms with Crippen LogP contribution in [0.5, 0.6) is 0 Å². The van der Waals surface area contributed by atoms with Gasteiger partial charge in [-0.2, -0.15) is 0 Å². The average Bonchev–Trinajstić information content (AvgIpc) is 3.45. The first kappa shape index (κ1) is 20.5. The molecule has 1 amide bonds. The monoisotopic (exact) mass is 446 g/mol. The number of nitrogens with one attached hydrogen (secondary N) is 1. The molecule has 0 bridgehead atoms. The van der Waals surface area contributed by atoms with Crippen molar-refractivity contribution in [2.45, 2.75) is 31.5 Å². The van der Waals surface area contributed by atoms with E-state index < -0.39 is 0 Å². The second kappa shape index (κ2) is 9.01. The molecule has 1 aromatic heterocycles. The number of benzene rings is 2. The van der Waals surface area contributed by atoms with Gasteiger partial charge in [0.2, 0.25) is 5.91 Å². The summed E-state index contributed by atoms with van der Waals surface area (Å²) in [6.45, 7) is 1.06. The van der Waals surface area contributed by atoms with Gasteiger partial charge < -0.3 is 15.1 Å². The second-order valence-electron chi connectivity index (χ2n) is 8.05. The first-order valence-electron chi connectivity index (χ1n) is 10.7. The predicted octanol–water partition coefficient (Wildman–Crippen LogP) is 3.98. The highest BCUT2D eigenvalue weighted by Gasteiger charge is 2.35. The van der Waals surface area contributed by atoms with E-state index in [2.05, 4.69) is 32.5 Å². The number of hydrogen-bond acceptors (Lipinski definition) is 5. The molecule has 162 valence electrons. The molecule has 2 atom stereocenters. The number of halogens is 1. The predicted molar refractivity (Wildman–Crippen MR) is 125 cm³/mol. The molecule has 2 aromatic carbocycles. The molecule has 3 heterocycles. The van der Waals surface area contributed by atoms with Crippen molar-refractivity contribution in [2.75, 3.05) is 11.4 Å². The van der Waals surface area contributed by atoms with Crippen LogP contribution in [0.3, 0.4) is 0 Å². The number of anilines is 1. The molecule has 32 heavy (non-hydrogen) atoms. The van der Waals surface area contributed by atoms with Gasteiger partial charge in [-0.25, -0.2) is 0 Å². The van der Waals surface area contributed by atoms with E-state index in [0.29, 0.717) is 31.0 Å². The lowest BCUT2D eigenvalue weighted by Gasteiger charge is -2.27. The highest BCUT2D eigenvalue weighted by atomic mass is 35.5. The largest absolute Gasteiger partial charge is 0.390 e. The molecule has 6 nitrogen and oxygen atoms in total. The Labute approximate surface area is 191 Å². The van der Waals surface area contributed by atoms with Crippen molar-refractivity contribution < 1.29 is 9.63 Å². The summed E-state index contributed by atoms with van der Waals surface area (Å²) in [4.78, 5) is 25.0. The van der Waals surface area contributed by atoms with Crippen molar-refractivity contribution in [3.8, 4) is 0 Å². The number of amides is 1. The van der Waals surface area contributed by atoms with Crippen LogP contribution in [-0.4, -0.2) is 35.3 Å². The first-order chi connectivity index (χ1) is 15.7. The summed E-state index contributed by atoms with van der Waals surface area (Å²) >= 11 is 6.04. The van der Waals surface area contributed by atoms with Gasteiger partial charge >= 0.3 is 0 Å². The fourth-order valence-corrected chi connectivity index (χ4v) is 4.38. The minimum absolute atomic E-state index is 0.00359. The van der Waals surface area contributed by atoms with Gasteiger partial charge in [0.15, 0.2) is 0 Å². The van der Waals surface area contributed by atoms with Gasteiger partial charge in [0.1, 0.15) is 12.1 Å². The molecule has 5 rings (SSSR count). The minimum atomic E-state index is -0.273. The molecule has 0 saturated heterocycles. The normalized spacial score (nSPS) is 19.3. The van der Waals surface area contributed by atoms with Crippen LogP contribution in [0.4, 0.5) is 5.69 Å². The van der Waals surface area contributed by atoms with Gasteiger partial charge in [-0.3, -0.25) is 9.78 Å². The Morgan fingerprint density at radius 2 is 1.84 bits per heavy atom. The highest BCUT2D eigenvalue weighted by molar-refractivity contribution is 6.30. The Bertz CT molecular complexity index is 1130. The zero-order chi connectivity index (χ0) is 21.9. The van der Waals surface area contributed by atoms with Crippen LogP contribution in [0.1, 0.15) is 23.1 Å². The Kier molecular flexibility index (Phi) is 5.77. The molecule has 0 saturated carbocycles. The summed E-state index contributed by atoms with van der Waals surface area (Å²) in [6, 6.07) is 19.5. The van der Waals surface area contributed by atoms with Gasteiger partial charge in [-0.1, -0.05) is 47.1 Å². The number of carbonyl (C=O) groups excluding carboxylic acids is 1. The lowest BCUT2D eigenvalue weighted by atomic mass is 10.1. The van der Waals surface area contributed by atoms with Crippen LogP contribution < -0.4 is 10.2 Å². The maximum Gasteiger partial charge on any atom is 0.243 e. The number of para-hydroxylation sites is 1. The number of carbonyl (C=O) groups is 1. The van der Waals surface area contributed by atoms with E-state index in [-0.39, 0.29) is 18.1 Å². The van der Waals surface area contributed by atoms with Gasteiger partial charge in [0.25, 0.3) is 0 Å². The SMILES string of the molecule is O=C(NCC1CC(c2ccncc2)=NO1)C1Cc2ccccc2N1Cc1ccc(Cl)cc1. The quantitative estimate of drug-likeness (QED) is 0.622. The lowest BCUT2D eigenvalue weighted by molar-refractivity contribution is -0.122. The molecule has 3 aromatic rings. The van der Waals surface area contributed by atoms with Gasteiger partial charge in [-0.05, 0) is 41.5 Å². The number of rotatable bonds is 6. The van der Waals surface area contributed by atoms with Crippen molar-refractivity contribution in [2.24, 2.45) is 5.16 Å². The Morgan fingerprint density at radius 1 is 1.06 bits per heavy atom. The summed E-state index contributed by atoms with van der Waals surface area (Å²) < 4.78 is 0. The third-order valence-electron chi connectivity index (χ3n) is 5.91. The van der Waals surface area contributed by atoms with E-state index in [0.717, 1.165) is 22.5 Å². The number of hydrogen-bond donors (Lipinski definition) is 1. The average molecular weight is 447 g/mol. The molecule has 2 unspecified atom stereocenters. The van der Waals surface area contributed by atoms with E-state index in [1.54, 1.807) is 12.4 Å². The van der Waals surface area contributed by atoms with Gasteiger partial charge in [-0.15, -0.1) is 0 Å². The van der Waals surface area contributed by atoms with Crippen molar-refractivity contribution in [1.82, 2.24) is 10.3 Å². The van der Waals surface area contributed by atoms with Gasteiger partial charge in [0.05, 0.1) is 12.3 Å². The fourth-order valence-electron chi connectivity index (χ4n) is 4.25. The summed E-state index contributed by atoms with van der Waals surface area (Å²) in [5, 5.41) is 7.98. The van der Waals surface area contributed by atoms with Crippen molar-refractivity contribution in [1.29, 1.82) is 0 Å². The number of oxime groups is 1. The maximum atomic E-state index is 13.2. The Morgan fingerprint density at radius 3 is 2.66 bits per heavy atom. The molecule has 7 heteroatoms. The smallest absolute Gasteiger partial charge is 0.243 e. The van der Waals surface area contributed by atoms with Crippen LogP contribution in [0.15, 0.2) is 78.2 Å². The maximum absolute atomic E-state index is 13.2. The Balaban J connectivity index is 1.24. The number of aromatic nitrogens is 1. The summed E-state index contributed by atoms with van der Waals surface area (Å²) in [5.74, 6) is -0.00359. The molecule has 0 spiro atoms. The summed E-state index contributed by atoms with van der Waals surface area (Å²) in [7, 11) is 0. The van der Waals surface area contributed by atoms with E-state index in [4.69, 9.17) is 16.4 Å². The van der Waals surface area contributed by atoms with E-state index >= 15 is 0 Å². The number of pyridine rings is 1. The van der Waals surface area contributed by atoms with Crippen LogP contribution in [0.2, 0.25) is 5.02 Å². The first-order valence-corrected chi connectivity index (χ1v) is 11.0. The van der Waals surface area contributed by atoms with E-state index in [1.807, 2.05) is 48.5 Å². The van der Waals surface area contributed by atoms with E-state index in [9.17, 15) is 4.79 Å². The lowest BCUT2D eigenvalue weighted by Crippen LogP contribution is -2.47. The minimum Gasteiger partial charge on any atom is -0.390 e. The molecule has 2 aliphatic rings. The van der Waals surface area contributed by atoms with Crippen molar-refractivity contribution >= 4 is 28.9 Å². The topological polar surface area (TPSA) is 66.8 Å². The molecular formula is C25H23ClN4O2. The molecular weight excluding hydrogens is 424 g/mol. The third kappa shape index (κ3) is 4.32. The van der Waals surface area contributed by atoms with Crippen LogP contribution in [-0.2, 0) is 22.6 Å². The van der Waals surface area contributed by atoms with E-state index in [1.165, 1.54) is 5.56 Å². The Hall–Kier alpha value is -3.38. The van der Waals surface area contributed by atoms with Crippen LogP contribution >= 0.6 is 11.6 Å². The third-order valence-corrected chi connectivity index (χ3v) is 6.16.